The van der Waals surface area contributed by atoms with Crippen molar-refractivity contribution in [3.8, 4) is 0 Å². The third-order valence-electron chi connectivity index (χ3n) is 3.04. The van der Waals surface area contributed by atoms with Crippen molar-refractivity contribution in [1.29, 1.82) is 0 Å². The zero-order chi connectivity index (χ0) is 15.1. The Hall–Kier alpha value is -1.00. The van der Waals surface area contributed by atoms with E-state index in [1.165, 1.54) is 6.07 Å². The van der Waals surface area contributed by atoms with Crippen molar-refractivity contribution < 1.29 is 17.9 Å². The lowest BCUT2D eigenvalue weighted by atomic mass is 10.4. The third kappa shape index (κ3) is 5.36. The number of nitrogens with one attached hydrogen (secondary N) is 2. The first kappa shape index (κ1) is 16.4. The van der Waals surface area contributed by atoms with Crippen molar-refractivity contribution in [3.05, 3.63) is 17.5 Å². The monoisotopic (exact) mass is 333 g/mol. The highest BCUT2D eigenvalue weighted by Gasteiger charge is 2.16. The molecule has 21 heavy (non-hydrogen) atoms. The largest absolute Gasteiger partial charge is 0.379 e. The normalized spacial score (nSPS) is 16.8. The maximum absolute atomic E-state index is 11.8. The topological polar surface area (TPSA) is 87.7 Å². The fraction of sp³-hybridized carbons (Fsp3) is 0.583. The number of rotatable bonds is 7. The predicted molar refractivity (Wildman–Crippen MR) is 79.8 cm³/mol. The fourth-order valence-corrected chi connectivity index (χ4v) is 3.91. The molecule has 0 saturated carbocycles. The molecule has 1 aromatic rings. The summed E-state index contributed by atoms with van der Waals surface area (Å²) < 4.78 is 31.4. The van der Waals surface area contributed by atoms with Crippen molar-refractivity contribution in [3.63, 3.8) is 0 Å². The van der Waals surface area contributed by atoms with Gasteiger partial charge < -0.3 is 10.1 Å². The molecule has 1 amide bonds. The molecule has 1 aliphatic rings. The van der Waals surface area contributed by atoms with Crippen LogP contribution >= 0.6 is 11.3 Å². The van der Waals surface area contributed by atoms with Crippen LogP contribution in [0.15, 0.2) is 21.7 Å². The van der Waals surface area contributed by atoms with E-state index >= 15 is 0 Å². The Morgan fingerprint density at radius 1 is 1.38 bits per heavy atom. The molecular formula is C12H19N3O4S2. The first-order chi connectivity index (χ1) is 10.1. The molecule has 1 fully saturated rings. The maximum atomic E-state index is 11.8. The summed E-state index contributed by atoms with van der Waals surface area (Å²) in [5, 5.41) is 4.38. The smallest absolute Gasteiger partial charge is 0.250 e. The molecule has 0 bridgehead atoms. The van der Waals surface area contributed by atoms with Crippen LogP contribution in [0.4, 0.5) is 0 Å². The standard InChI is InChI=1S/C12H19N3O4S2/c16-11(13-3-4-15-5-7-19-8-6-15)10-14-21(17,18)12-2-1-9-20-12/h1-2,9,14H,3-8,10H2,(H,13,16). The van der Waals surface area contributed by atoms with Gasteiger partial charge in [-0.1, -0.05) is 6.07 Å². The minimum absolute atomic E-state index is 0.212. The number of ether oxygens (including phenoxy) is 1. The van der Waals surface area contributed by atoms with Gasteiger partial charge in [0.1, 0.15) is 4.21 Å². The number of hydrogen-bond acceptors (Lipinski definition) is 6. The summed E-state index contributed by atoms with van der Waals surface area (Å²) in [6, 6.07) is 3.16. The van der Waals surface area contributed by atoms with Gasteiger partial charge in [-0.2, -0.15) is 0 Å². The van der Waals surface area contributed by atoms with Gasteiger partial charge in [-0.3, -0.25) is 9.69 Å². The minimum atomic E-state index is -3.58. The number of sulfonamides is 1. The average molecular weight is 333 g/mol. The van der Waals surface area contributed by atoms with E-state index in [-0.39, 0.29) is 16.7 Å². The molecule has 0 aliphatic carbocycles. The summed E-state index contributed by atoms with van der Waals surface area (Å²) in [5.41, 5.74) is 0. The third-order valence-corrected chi connectivity index (χ3v) is 5.84. The van der Waals surface area contributed by atoms with E-state index in [1.54, 1.807) is 11.4 Å². The van der Waals surface area contributed by atoms with E-state index < -0.39 is 10.0 Å². The van der Waals surface area contributed by atoms with E-state index in [1.807, 2.05) is 0 Å². The molecule has 0 aromatic carbocycles. The Balaban J connectivity index is 1.65. The second-order valence-corrected chi connectivity index (χ2v) is 7.50. The van der Waals surface area contributed by atoms with Crippen LogP contribution in [-0.2, 0) is 19.6 Å². The molecule has 0 spiro atoms. The van der Waals surface area contributed by atoms with E-state index in [2.05, 4.69) is 14.9 Å². The highest BCUT2D eigenvalue weighted by atomic mass is 32.2. The number of nitrogens with zero attached hydrogens (tertiary/aromatic N) is 1. The van der Waals surface area contributed by atoms with Gasteiger partial charge >= 0.3 is 0 Å². The summed E-state index contributed by atoms with van der Waals surface area (Å²) >= 11 is 1.12. The minimum Gasteiger partial charge on any atom is -0.379 e. The van der Waals surface area contributed by atoms with Gasteiger partial charge in [0.2, 0.25) is 5.91 Å². The molecule has 2 N–H and O–H groups in total. The number of carbonyl (C=O) groups excluding carboxylic acids is 1. The summed E-state index contributed by atoms with van der Waals surface area (Å²) in [6.45, 7) is 4.15. The second kappa shape index (κ2) is 7.85. The Bertz CT molecular complexity index is 539. The van der Waals surface area contributed by atoms with Crippen LogP contribution in [-0.4, -0.2) is 65.2 Å². The van der Waals surface area contributed by atoms with Crippen molar-refractivity contribution in [2.45, 2.75) is 4.21 Å². The highest BCUT2D eigenvalue weighted by Crippen LogP contribution is 2.14. The maximum Gasteiger partial charge on any atom is 0.250 e. The number of amides is 1. The average Bonchev–Trinajstić information content (AvgIpc) is 3.01. The zero-order valence-electron chi connectivity index (χ0n) is 11.6. The molecule has 1 aromatic heterocycles. The molecule has 1 saturated heterocycles. The molecule has 0 radical (unpaired) electrons. The van der Waals surface area contributed by atoms with Gasteiger partial charge in [-0.05, 0) is 11.4 Å². The van der Waals surface area contributed by atoms with E-state index in [9.17, 15) is 13.2 Å². The van der Waals surface area contributed by atoms with Crippen LogP contribution in [0.1, 0.15) is 0 Å². The van der Waals surface area contributed by atoms with E-state index in [4.69, 9.17) is 4.74 Å². The van der Waals surface area contributed by atoms with E-state index in [0.717, 1.165) is 31.0 Å². The molecular weight excluding hydrogens is 314 g/mol. The van der Waals surface area contributed by atoms with E-state index in [0.29, 0.717) is 19.8 Å². The molecule has 7 nitrogen and oxygen atoms in total. The second-order valence-electron chi connectivity index (χ2n) is 4.56. The zero-order valence-corrected chi connectivity index (χ0v) is 13.2. The summed E-state index contributed by atoms with van der Waals surface area (Å²) in [5.74, 6) is -0.330. The van der Waals surface area contributed by atoms with Crippen molar-refractivity contribution in [2.24, 2.45) is 0 Å². The summed E-state index contributed by atoms with van der Waals surface area (Å²) in [4.78, 5) is 13.8. The van der Waals surface area contributed by atoms with Gasteiger partial charge in [0.25, 0.3) is 10.0 Å². The number of thiophene rings is 1. The molecule has 2 rings (SSSR count). The Kier molecular flexibility index (Phi) is 6.12. The van der Waals surface area contributed by atoms with Crippen LogP contribution in [0, 0.1) is 0 Å². The first-order valence-electron chi connectivity index (χ1n) is 6.68. The van der Waals surface area contributed by atoms with Crippen LogP contribution in [0.5, 0.6) is 0 Å². The SMILES string of the molecule is O=C(CNS(=O)(=O)c1cccs1)NCCN1CCOCC1. The molecule has 9 heteroatoms. The highest BCUT2D eigenvalue weighted by molar-refractivity contribution is 7.91. The van der Waals surface area contributed by atoms with Gasteiger partial charge in [0.05, 0.1) is 19.8 Å². The first-order valence-corrected chi connectivity index (χ1v) is 9.04. The lowest BCUT2D eigenvalue weighted by Crippen LogP contribution is -2.43. The van der Waals surface area contributed by atoms with Crippen LogP contribution < -0.4 is 10.0 Å². The molecule has 0 atom stereocenters. The van der Waals surface area contributed by atoms with Gasteiger partial charge in [-0.15, -0.1) is 11.3 Å². The lowest BCUT2D eigenvalue weighted by molar-refractivity contribution is -0.120. The lowest BCUT2D eigenvalue weighted by Gasteiger charge is -2.26. The van der Waals surface area contributed by atoms with Crippen LogP contribution in [0.25, 0.3) is 0 Å². The molecule has 118 valence electrons. The van der Waals surface area contributed by atoms with Gasteiger partial charge in [0.15, 0.2) is 0 Å². The predicted octanol–water partition coefficient (Wildman–Crippen LogP) is -0.525. The molecule has 0 unspecified atom stereocenters. The Morgan fingerprint density at radius 3 is 2.81 bits per heavy atom. The quantitative estimate of drug-likeness (QED) is 0.701. The Morgan fingerprint density at radius 2 is 2.14 bits per heavy atom. The Labute approximate surface area is 128 Å². The van der Waals surface area contributed by atoms with Gasteiger partial charge in [0, 0.05) is 26.2 Å². The number of hydrogen-bond donors (Lipinski definition) is 2. The van der Waals surface area contributed by atoms with Gasteiger partial charge in [-0.25, -0.2) is 13.1 Å². The van der Waals surface area contributed by atoms with Crippen molar-refractivity contribution >= 4 is 27.3 Å². The molecule has 1 aliphatic heterocycles. The fourth-order valence-electron chi connectivity index (χ4n) is 1.89. The van der Waals surface area contributed by atoms with Crippen molar-refractivity contribution in [2.75, 3.05) is 45.9 Å². The summed E-state index contributed by atoms with van der Waals surface area (Å²) in [6.07, 6.45) is 0. The summed E-state index contributed by atoms with van der Waals surface area (Å²) in [7, 11) is -3.58. The number of carbonyl (C=O) groups is 1. The number of morpholine rings is 1. The van der Waals surface area contributed by atoms with Crippen molar-refractivity contribution in [1.82, 2.24) is 14.9 Å². The van der Waals surface area contributed by atoms with Crippen LogP contribution in [0.2, 0.25) is 0 Å². The van der Waals surface area contributed by atoms with Crippen LogP contribution in [0.3, 0.4) is 0 Å². The molecule has 2 heterocycles.